The highest BCUT2D eigenvalue weighted by Crippen LogP contribution is 2.13. The Bertz CT molecular complexity index is 700. The summed E-state index contributed by atoms with van der Waals surface area (Å²) in [6.07, 6.45) is 3.31. The van der Waals surface area contributed by atoms with Crippen molar-refractivity contribution in [3.63, 3.8) is 0 Å². The Kier molecular flexibility index (Phi) is 6.39. The minimum atomic E-state index is 0.361. The molecular weight excluding hydrogens is 296 g/mol. The number of nitrogens with zero attached hydrogens (tertiary/aromatic N) is 2. The normalized spacial score (nSPS) is 11.9. The number of hydrogen-bond donors (Lipinski definition) is 1. The molecule has 0 radical (unpaired) electrons. The lowest BCUT2D eigenvalue weighted by Gasteiger charge is -1.97. The number of ether oxygens (including phenoxy) is 1. The molecule has 0 atom stereocenters. The highest BCUT2D eigenvalue weighted by Gasteiger charge is 1.93. The standard InChI is InChI=1S/C10H9N.C4H4OS.C3H5NO/c1-8-4-2-5-9-6-3-7-11-10(8)9;5-4-1-2-6-3-4;1-2-5-3-4-1/h2-7H,1H3;1-3,5H;3H,1-2H2. The largest absolute Gasteiger partial charge is 0.507 e. The number of fused-ring (bicyclic) bond motifs is 1. The third kappa shape index (κ3) is 5.18. The van der Waals surface area contributed by atoms with Crippen LogP contribution >= 0.6 is 11.3 Å². The first-order chi connectivity index (χ1) is 10.8. The van der Waals surface area contributed by atoms with E-state index in [1.54, 1.807) is 11.4 Å². The molecule has 1 N–H and O–H groups in total. The summed E-state index contributed by atoms with van der Waals surface area (Å²) in [6.45, 7) is 3.70. The summed E-state index contributed by atoms with van der Waals surface area (Å²) in [4.78, 5) is 8.02. The van der Waals surface area contributed by atoms with Crippen molar-refractivity contribution in [2.75, 3.05) is 13.2 Å². The number of aryl methyl sites for hydroxylation is 1. The number of benzene rings is 1. The summed E-state index contributed by atoms with van der Waals surface area (Å²) in [5.74, 6) is 0.361. The summed E-state index contributed by atoms with van der Waals surface area (Å²) < 4.78 is 4.65. The number of aliphatic imine (C=N–C) groups is 1. The zero-order chi connectivity index (χ0) is 15.6. The smallest absolute Gasteiger partial charge is 0.169 e. The summed E-state index contributed by atoms with van der Waals surface area (Å²) in [7, 11) is 0. The molecule has 4 nitrogen and oxygen atoms in total. The minimum absolute atomic E-state index is 0.361. The topological polar surface area (TPSA) is 54.7 Å². The van der Waals surface area contributed by atoms with Gasteiger partial charge in [-0.2, -0.15) is 0 Å². The molecule has 0 saturated heterocycles. The predicted octanol–water partition coefficient (Wildman–Crippen LogP) is 4.04. The molecule has 0 spiro atoms. The van der Waals surface area contributed by atoms with Crippen LogP contribution in [0.5, 0.6) is 5.75 Å². The van der Waals surface area contributed by atoms with E-state index in [0.717, 1.165) is 18.7 Å². The van der Waals surface area contributed by atoms with E-state index >= 15 is 0 Å². The molecule has 0 amide bonds. The Morgan fingerprint density at radius 1 is 1.18 bits per heavy atom. The number of para-hydroxylation sites is 1. The molecule has 2 aromatic heterocycles. The SMILES string of the molecule is C1=NCCO1.Cc1cccc2cccnc12.Oc1ccsc1. The van der Waals surface area contributed by atoms with E-state index in [0.29, 0.717) is 5.75 Å². The van der Waals surface area contributed by atoms with Crippen LogP contribution in [0.25, 0.3) is 10.9 Å². The van der Waals surface area contributed by atoms with Gasteiger partial charge in [0.25, 0.3) is 0 Å². The van der Waals surface area contributed by atoms with Crippen molar-refractivity contribution in [1.29, 1.82) is 0 Å². The summed E-state index contributed by atoms with van der Waals surface area (Å²) in [6, 6.07) is 11.9. The Morgan fingerprint density at radius 3 is 2.55 bits per heavy atom. The third-order valence-corrected chi connectivity index (χ3v) is 3.50. The lowest BCUT2D eigenvalue weighted by atomic mass is 10.1. The van der Waals surface area contributed by atoms with Crippen LogP contribution in [0.4, 0.5) is 0 Å². The third-order valence-electron chi connectivity index (χ3n) is 2.83. The second-order valence-corrected chi connectivity index (χ2v) is 5.29. The number of hydrogen-bond acceptors (Lipinski definition) is 5. The lowest BCUT2D eigenvalue weighted by molar-refractivity contribution is 0.361. The van der Waals surface area contributed by atoms with Crippen LogP contribution < -0.4 is 0 Å². The lowest BCUT2D eigenvalue weighted by Crippen LogP contribution is -1.80. The van der Waals surface area contributed by atoms with Crippen molar-refractivity contribution in [2.45, 2.75) is 6.92 Å². The Hall–Kier alpha value is -2.40. The number of aromatic hydroxyl groups is 1. The second kappa shape index (κ2) is 8.79. The molecular formula is C17H18N2O2S. The molecule has 3 heterocycles. The maximum absolute atomic E-state index is 8.48. The number of pyridine rings is 1. The van der Waals surface area contributed by atoms with E-state index in [4.69, 9.17) is 5.11 Å². The van der Waals surface area contributed by atoms with Gasteiger partial charge in [0.2, 0.25) is 0 Å². The van der Waals surface area contributed by atoms with Crippen molar-refractivity contribution in [2.24, 2.45) is 4.99 Å². The predicted molar refractivity (Wildman–Crippen MR) is 91.8 cm³/mol. The van der Waals surface area contributed by atoms with Gasteiger partial charge in [0.15, 0.2) is 6.40 Å². The minimum Gasteiger partial charge on any atom is -0.507 e. The Balaban J connectivity index is 0.000000135. The van der Waals surface area contributed by atoms with Gasteiger partial charge >= 0.3 is 0 Å². The second-order valence-electron chi connectivity index (χ2n) is 4.51. The van der Waals surface area contributed by atoms with Crippen molar-refractivity contribution >= 4 is 28.6 Å². The molecule has 3 aromatic rings. The van der Waals surface area contributed by atoms with Gasteiger partial charge in [0.05, 0.1) is 12.1 Å². The molecule has 1 aliphatic rings. The molecule has 0 unspecified atom stereocenters. The molecule has 0 aliphatic carbocycles. The summed E-state index contributed by atoms with van der Waals surface area (Å²) in [5, 5.41) is 13.2. The first-order valence-corrected chi connectivity index (χ1v) is 7.83. The Labute approximate surface area is 133 Å². The molecule has 22 heavy (non-hydrogen) atoms. The van der Waals surface area contributed by atoms with Crippen molar-refractivity contribution in [3.8, 4) is 5.75 Å². The average Bonchev–Trinajstić information content (AvgIpc) is 3.24. The first kappa shape index (κ1) is 16.0. The van der Waals surface area contributed by atoms with Crippen molar-refractivity contribution in [3.05, 3.63) is 58.9 Å². The highest BCUT2D eigenvalue weighted by molar-refractivity contribution is 7.08. The average molecular weight is 314 g/mol. The fourth-order valence-corrected chi connectivity index (χ4v) is 2.29. The van der Waals surface area contributed by atoms with E-state index in [2.05, 4.69) is 45.9 Å². The molecule has 0 saturated carbocycles. The van der Waals surface area contributed by atoms with Crippen LogP contribution in [0.2, 0.25) is 0 Å². The van der Waals surface area contributed by atoms with Crippen LogP contribution in [-0.2, 0) is 4.74 Å². The van der Waals surface area contributed by atoms with Crippen LogP contribution in [0.15, 0.2) is 58.3 Å². The van der Waals surface area contributed by atoms with Gasteiger partial charge in [-0.15, -0.1) is 11.3 Å². The van der Waals surface area contributed by atoms with E-state index in [1.807, 2.05) is 17.6 Å². The van der Waals surface area contributed by atoms with E-state index < -0.39 is 0 Å². The Morgan fingerprint density at radius 2 is 2.05 bits per heavy atom. The molecule has 1 aliphatic heterocycles. The van der Waals surface area contributed by atoms with E-state index in [1.165, 1.54) is 28.7 Å². The van der Waals surface area contributed by atoms with Crippen LogP contribution in [0.1, 0.15) is 5.56 Å². The van der Waals surface area contributed by atoms with Crippen molar-refractivity contribution in [1.82, 2.24) is 4.98 Å². The van der Waals surface area contributed by atoms with Gasteiger partial charge in [-0.25, -0.2) is 0 Å². The first-order valence-electron chi connectivity index (χ1n) is 6.89. The summed E-state index contributed by atoms with van der Waals surface area (Å²) in [5.41, 5.74) is 2.35. The maximum Gasteiger partial charge on any atom is 0.169 e. The van der Waals surface area contributed by atoms with Gasteiger partial charge in [-0.3, -0.25) is 9.98 Å². The maximum atomic E-state index is 8.48. The van der Waals surface area contributed by atoms with Gasteiger partial charge in [0, 0.05) is 17.0 Å². The van der Waals surface area contributed by atoms with E-state index in [9.17, 15) is 0 Å². The van der Waals surface area contributed by atoms with Gasteiger partial charge < -0.3 is 9.84 Å². The molecule has 0 fully saturated rings. The van der Waals surface area contributed by atoms with Gasteiger partial charge in [-0.1, -0.05) is 24.3 Å². The fourth-order valence-electron chi connectivity index (χ4n) is 1.78. The zero-order valence-electron chi connectivity index (χ0n) is 12.3. The molecule has 0 bridgehead atoms. The highest BCUT2D eigenvalue weighted by atomic mass is 32.1. The van der Waals surface area contributed by atoms with Crippen molar-refractivity contribution < 1.29 is 9.84 Å². The van der Waals surface area contributed by atoms with E-state index in [-0.39, 0.29) is 0 Å². The fraction of sp³-hybridized carbons (Fsp3) is 0.176. The zero-order valence-corrected chi connectivity index (χ0v) is 13.2. The quantitative estimate of drug-likeness (QED) is 0.681. The van der Waals surface area contributed by atoms with Crippen LogP contribution in [-0.4, -0.2) is 29.6 Å². The van der Waals surface area contributed by atoms with Gasteiger partial charge in [-0.05, 0) is 30.0 Å². The molecule has 114 valence electrons. The van der Waals surface area contributed by atoms with Crippen LogP contribution in [0.3, 0.4) is 0 Å². The number of aromatic nitrogens is 1. The van der Waals surface area contributed by atoms with Gasteiger partial charge in [0.1, 0.15) is 12.4 Å². The number of thiophene rings is 1. The summed E-state index contributed by atoms with van der Waals surface area (Å²) >= 11 is 1.49. The molecule has 1 aromatic carbocycles. The molecule has 5 heteroatoms. The number of rotatable bonds is 0. The monoisotopic (exact) mass is 314 g/mol. The van der Waals surface area contributed by atoms with Crippen LogP contribution in [0, 0.1) is 6.92 Å². The molecule has 4 rings (SSSR count).